The van der Waals surface area contributed by atoms with E-state index in [-0.39, 0.29) is 11.7 Å². The number of rotatable bonds is 11. The molecule has 0 saturated heterocycles. The van der Waals surface area contributed by atoms with Gasteiger partial charge in [-0.1, -0.05) is 51.9 Å². The Morgan fingerprint density at radius 1 is 1.04 bits per heavy atom. The Bertz CT molecular complexity index is 555. The fraction of sp³-hybridized carbons (Fsp3) is 0.650. The van der Waals surface area contributed by atoms with Crippen LogP contribution in [0.2, 0.25) is 0 Å². The van der Waals surface area contributed by atoms with Gasteiger partial charge in [0.2, 0.25) is 0 Å². The average molecular weight is 376 g/mol. The maximum atomic E-state index is 13.3. The van der Waals surface area contributed by atoms with Gasteiger partial charge in [-0.2, -0.15) is 13.2 Å². The molecule has 0 bridgehead atoms. The van der Waals surface area contributed by atoms with Gasteiger partial charge in [-0.3, -0.25) is 0 Å². The van der Waals surface area contributed by atoms with Gasteiger partial charge in [0.05, 0.1) is 17.2 Å². The van der Waals surface area contributed by atoms with Gasteiger partial charge >= 0.3 is 12.1 Å². The van der Waals surface area contributed by atoms with E-state index in [2.05, 4.69) is 6.92 Å². The summed E-state index contributed by atoms with van der Waals surface area (Å²) in [5.41, 5.74) is -1.75. The zero-order chi connectivity index (χ0) is 19.6. The molecule has 6 heteroatoms. The van der Waals surface area contributed by atoms with Crippen molar-refractivity contribution in [2.45, 2.75) is 83.9 Å². The van der Waals surface area contributed by atoms with E-state index in [9.17, 15) is 22.4 Å². The Kier molecular flexibility index (Phi) is 9.66. The topological polar surface area (TPSA) is 26.3 Å². The summed E-state index contributed by atoms with van der Waals surface area (Å²) in [4.78, 5) is 12.0. The Balaban J connectivity index is 2.36. The lowest BCUT2D eigenvalue weighted by molar-refractivity contribution is -0.140. The molecule has 26 heavy (non-hydrogen) atoms. The third kappa shape index (κ3) is 8.19. The highest BCUT2D eigenvalue weighted by Gasteiger charge is 2.34. The summed E-state index contributed by atoms with van der Waals surface area (Å²) in [5, 5.41) is 0. The van der Waals surface area contributed by atoms with E-state index in [1.807, 2.05) is 0 Å². The van der Waals surface area contributed by atoms with E-state index in [0.29, 0.717) is 18.6 Å². The molecular formula is C20H28F4O2. The normalized spacial score (nSPS) is 12.8. The number of hydrogen-bond donors (Lipinski definition) is 0. The minimum atomic E-state index is -4.84. The summed E-state index contributed by atoms with van der Waals surface area (Å²) >= 11 is 0. The van der Waals surface area contributed by atoms with Gasteiger partial charge < -0.3 is 4.74 Å². The van der Waals surface area contributed by atoms with Crippen LogP contribution in [0.3, 0.4) is 0 Å². The molecular weight excluding hydrogens is 348 g/mol. The largest absolute Gasteiger partial charge is 0.459 e. The summed E-state index contributed by atoms with van der Waals surface area (Å²) in [6.07, 6.45) is 4.71. The first-order valence-electron chi connectivity index (χ1n) is 9.33. The Morgan fingerprint density at radius 3 is 2.19 bits per heavy atom. The predicted molar refractivity (Wildman–Crippen MR) is 93.5 cm³/mol. The summed E-state index contributed by atoms with van der Waals surface area (Å²) < 4.78 is 56.5. The molecule has 0 aliphatic carbocycles. The van der Waals surface area contributed by atoms with Gasteiger partial charge in [0.15, 0.2) is 0 Å². The highest BCUT2D eigenvalue weighted by Crippen LogP contribution is 2.32. The first kappa shape index (κ1) is 22.5. The summed E-state index contributed by atoms with van der Waals surface area (Å²) in [6, 6.07) is 2.15. The minimum absolute atomic E-state index is 0.290. The number of unbranched alkanes of at least 4 members (excludes halogenated alkanes) is 7. The molecule has 1 aromatic rings. The number of ether oxygens (including phenoxy) is 1. The molecule has 0 fully saturated rings. The van der Waals surface area contributed by atoms with Crippen molar-refractivity contribution < 1.29 is 27.1 Å². The van der Waals surface area contributed by atoms with Gasteiger partial charge in [0.1, 0.15) is 5.82 Å². The van der Waals surface area contributed by atoms with Crippen molar-refractivity contribution in [2.75, 3.05) is 0 Å². The lowest BCUT2D eigenvalue weighted by Crippen LogP contribution is -2.16. The van der Waals surface area contributed by atoms with Crippen LogP contribution < -0.4 is 0 Å². The van der Waals surface area contributed by atoms with Gasteiger partial charge in [-0.05, 0) is 38.0 Å². The standard InChI is InChI=1S/C20H28F4O2/c1-3-4-5-6-7-8-9-10-11-15(2)26-19(25)16-12-13-18(21)17(14-16)20(22,23)24/h12-15H,3-11H2,1-2H3. The van der Waals surface area contributed by atoms with Gasteiger partial charge in [-0.25, -0.2) is 9.18 Å². The monoisotopic (exact) mass is 376 g/mol. The third-order valence-corrected chi connectivity index (χ3v) is 4.28. The van der Waals surface area contributed by atoms with Crippen molar-refractivity contribution in [3.8, 4) is 0 Å². The summed E-state index contributed by atoms with van der Waals surface area (Å²) in [7, 11) is 0. The molecule has 148 valence electrons. The number of carbonyl (C=O) groups is 1. The molecule has 0 saturated carbocycles. The van der Waals surface area contributed by atoms with Crippen LogP contribution in [-0.2, 0) is 10.9 Å². The molecule has 0 aliphatic heterocycles. The van der Waals surface area contributed by atoms with Crippen LogP contribution in [0.4, 0.5) is 17.6 Å². The van der Waals surface area contributed by atoms with E-state index in [4.69, 9.17) is 4.74 Å². The molecule has 1 rings (SSSR count). The molecule has 0 aliphatic rings. The van der Waals surface area contributed by atoms with Crippen LogP contribution in [-0.4, -0.2) is 12.1 Å². The van der Waals surface area contributed by atoms with Crippen molar-refractivity contribution in [1.29, 1.82) is 0 Å². The summed E-state index contributed by atoms with van der Waals surface area (Å²) in [5.74, 6) is -2.26. The predicted octanol–water partition coefficient (Wildman–Crippen LogP) is 6.92. The fourth-order valence-electron chi connectivity index (χ4n) is 2.74. The van der Waals surface area contributed by atoms with E-state index in [1.54, 1.807) is 6.92 Å². The third-order valence-electron chi connectivity index (χ3n) is 4.28. The van der Waals surface area contributed by atoms with Gasteiger partial charge in [0, 0.05) is 0 Å². The zero-order valence-electron chi connectivity index (χ0n) is 15.5. The second-order valence-electron chi connectivity index (χ2n) is 6.67. The van der Waals surface area contributed by atoms with Crippen molar-refractivity contribution in [3.05, 3.63) is 35.1 Å². The summed E-state index contributed by atoms with van der Waals surface area (Å²) in [6.45, 7) is 3.89. The maximum absolute atomic E-state index is 13.3. The quantitative estimate of drug-likeness (QED) is 0.238. The number of benzene rings is 1. The average Bonchev–Trinajstić information content (AvgIpc) is 2.56. The van der Waals surface area contributed by atoms with Crippen LogP contribution in [0.1, 0.15) is 87.6 Å². The molecule has 0 amide bonds. The van der Waals surface area contributed by atoms with Gasteiger partial charge in [-0.15, -0.1) is 0 Å². The van der Waals surface area contributed by atoms with Crippen molar-refractivity contribution in [3.63, 3.8) is 0 Å². The van der Waals surface area contributed by atoms with Crippen molar-refractivity contribution >= 4 is 5.97 Å². The second-order valence-corrected chi connectivity index (χ2v) is 6.67. The lowest BCUT2D eigenvalue weighted by Gasteiger charge is -2.14. The number of carbonyl (C=O) groups excluding carboxylic acids is 1. The molecule has 1 aromatic carbocycles. The zero-order valence-corrected chi connectivity index (χ0v) is 15.5. The highest BCUT2D eigenvalue weighted by atomic mass is 19.4. The van der Waals surface area contributed by atoms with Crippen LogP contribution in [0.15, 0.2) is 18.2 Å². The highest BCUT2D eigenvalue weighted by molar-refractivity contribution is 5.89. The number of halogens is 4. The first-order chi connectivity index (χ1) is 12.3. The smallest absolute Gasteiger partial charge is 0.419 e. The molecule has 0 aromatic heterocycles. The lowest BCUT2D eigenvalue weighted by atomic mass is 10.1. The van der Waals surface area contributed by atoms with E-state index in [0.717, 1.165) is 25.3 Å². The fourth-order valence-corrected chi connectivity index (χ4v) is 2.74. The van der Waals surface area contributed by atoms with E-state index in [1.165, 1.54) is 32.1 Å². The molecule has 0 radical (unpaired) electrons. The Hall–Kier alpha value is -1.59. The minimum Gasteiger partial charge on any atom is -0.459 e. The Morgan fingerprint density at radius 2 is 1.62 bits per heavy atom. The second kappa shape index (κ2) is 11.2. The maximum Gasteiger partial charge on any atom is 0.419 e. The molecule has 1 atom stereocenters. The molecule has 1 unspecified atom stereocenters. The molecule has 0 spiro atoms. The van der Waals surface area contributed by atoms with Crippen LogP contribution in [0.25, 0.3) is 0 Å². The van der Waals surface area contributed by atoms with Crippen LogP contribution >= 0.6 is 0 Å². The first-order valence-corrected chi connectivity index (χ1v) is 9.33. The molecule has 0 heterocycles. The SMILES string of the molecule is CCCCCCCCCCC(C)OC(=O)c1ccc(F)c(C(F)(F)F)c1. The van der Waals surface area contributed by atoms with Crippen molar-refractivity contribution in [1.82, 2.24) is 0 Å². The molecule has 0 N–H and O–H groups in total. The number of esters is 1. The van der Waals surface area contributed by atoms with Crippen molar-refractivity contribution in [2.24, 2.45) is 0 Å². The molecule has 2 nitrogen and oxygen atoms in total. The van der Waals surface area contributed by atoms with E-state index >= 15 is 0 Å². The number of alkyl halides is 3. The van der Waals surface area contributed by atoms with Crippen LogP contribution in [0.5, 0.6) is 0 Å². The van der Waals surface area contributed by atoms with Crippen LogP contribution in [0, 0.1) is 5.82 Å². The van der Waals surface area contributed by atoms with E-state index < -0.39 is 23.5 Å². The van der Waals surface area contributed by atoms with Gasteiger partial charge in [0.25, 0.3) is 0 Å². The number of hydrogen-bond acceptors (Lipinski definition) is 2. The Labute approximate surface area is 152 Å².